The van der Waals surface area contributed by atoms with Gasteiger partial charge < -0.3 is 5.32 Å². The van der Waals surface area contributed by atoms with Crippen LogP contribution in [0.4, 0.5) is 10.1 Å². The minimum absolute atomic E-state index is 0.157. The van der Waals surface area contributed by atoms with E-state index in [4.69, 9.17) is 17.4 Å². The third kappa shape index (κ3) is 3.07. The first kappa shape index (κ1) is 11.7. The maximum atomic E-state index is 13.3. The lowest BCUT2D eigenvalue weighted by Crippen LogP contribution is -2.36. The monoisotopic (exact) mass is 230 g/mol. The SMILES string of the molecule is CCN=C(NN)Nc1c(F)cccc1Cl. The molecule has 0 spiro atoms. The van der Waals surface area contributed by atoms with E-state index in [1.807, 2.05) is 6.92 Å². The Bertz CT molecular complexity index is 347. The fraction of sp³-hybridized carbons (Fsp3) is 0.222. The number of benzene rings is 1. The van der Waals surface area contributed by atoms with Crippen LogP contribution in [0, 0.1) is 5.82 Å². The van der Waals surface area contributed by atoms with Crippen LogP contribution in [-0.4, -0.2) is 12.5 Å². The van der Waals surface area contributed by atoms with E-state index in [0.29, 0.717) is 6.54 Å². The van der Waals surface area contributed by atoms with E-state index in [1.54, 1.807) is 6.07 Å². The second kappa shape index (κ2) is 5.53. The summed E-state index contributed by atoms with van der Waals surface area (Å²) in [5.74, 6) is 5.01. The lowest BCUT2D eigenvalue weighted by atomic mass is 10.3. The van der Waals surface area contributed by atoms with Crippen molar-refractivity contribution < 1.29 is 4.39 Å². The van der Waals surface area contributed by atoms with Crippen LogP contribution in [0.3, 0.4) is 0 Å². The molecule has 0 radical (unpaired) electrons. The van der Waals surface area contributed by atoms with Crippen molar-refractivity contribution in [1.29, 1.82) is 0 Å². The molecule has 6 heteroatoms. The third-order valence-corrected chi connectivity index (χ3v) is 1.97. The molecule has 0 unspecified atom stereocenters. The normalized spacial score (nSPS) is 11.3. The zero-order valence-corrected chi connectivity index (χ0v) is 8.98. The predicted molar refractivity (Wildman–Crippen MR) is 60.3 cm³/mol. The lowest BCUT2D eigenvalue weighted by Gasteiger charge is -2.10. The van der Waals surface area contributed by atoms with E-state index in [0.717, 1.165) is 0 Å². The average Bonchev–Trinajstić information content (AvgIpc) is 2.22. The molecular weight excluding hydrogens is 219 g/mol. The number of halogens is 2. The molecule has 0 aromatic heterocycles. The minimum atomic E-state index is -0.457. The van der Waals surface area contributed by atoms with Crippen LogP contribution in [0.1, 0.15) is 6.92 Å². The summed E-state index contributed by atoms with van der Waals surface area (Å²) in [7, 11) is 0. The summed E-state index contributed by atoms with van der Waals surface area (Å²) in [5, 5.41) is 2.95. The fourth-order valence-corrected chi connectivity index (χ4v) is 1.23. The van der Waals surface area contributed by atoms with Gasteiger partial charge in [-0.2, -0.15) is 0 Å². The first-order chi connectivity index (χ1) is 7.19. The Labute approximate surface area is 92.3 Å². The standard InChI is InChI=1S/C9H12ClFN4/c1-2-13-9(15-12)14-8-6(10)4-3-5-7(8)11/h3-5H,2,12H2,1H3,(H2,13,14,15). The molecule has 82 valence electrons. The first-order valence-electron chi connectivity index (χ1n) is 4.41. The van der Waals surface area contributed by atoms with Crippen molar-refractivity contribution in [3.05, 3.63) is 29.0 Å². The molecule has 4 N–H and O–H groups in total. The number of hydrogen-bond acceptors (Lipinski definition) is 2. The van der Waals surface area contributed by atoms with Gasteiger partial charge in [0.25, 0.3) is 0 Å². The van der Waals surface area contributed by atoms with Crippen LogP contribution >= 0.6 is 11.6 Å². The Hall–Kier alpha value is -1.33. The molecule has 1 rings (SSSR count). The van der Waals surface area contributed by atoms with Crippen molar-refractivity contribution in [1.82, 2.24) is 5.43 Å². The van der Waals surface area contributed by atoms with Gasteiger partial charge in [0.05, 0.1) is 10.7 Å². The highest BCUT2D eigenvalue weighted by atomic mass is 35.5. The highest BCUT2D eigenvalue weighted by Crippen LogP contribution is 2.24. The van der Waals surface area contributed by atoms with Crippen LogP contribution in [0.2, 0.25) is 5.02 Å². The van der Waals surface area contributed by atoms with Crippen LogP contribution in [0.15, 0.2) is 23.2 Å². The van der Waals surface area contributed by atoms with Gasteiger partial charge in [-0.3, -0.25) is 10.4 Å². The van der Waals surface area contributed by atoms with Crippen molar-refractivity contribution in [3.8, 4) is 0 Å². The Kier molecular flexibility index (Phi) is 4.33. The van der Waals surface area contributed by atoms with Gasteiger partial charge in [-0.05, 0) is 19.1 Å². The van der Waals surface area contributed by atoms with Gasteiger partial charge in [0.1, 0.15) is 5.82 Å². The number of para-hydroxylation sites is 1. The van der Waals surface area contributed by atoms with Crippen LogP contribution in [0.25, 0.3) is 0 Å². The molecule has 0 saturated heterocycles. The van der Waals surface area contributed by atoms with Gasteiger partial charge in [0, 0.05) is 6.54 Å². The largest absolute Gasteiger partial charge is 0.322 e. The molecule has 0 heterocycles. The number of nitrogens with one attached hydrogen (secondary N) is 2. The molecule has 1 aromatic rings. The zero-order valence-electron chi connectivity index (χ0n) is 8.22. The number of hydrazine groups is 1. The maximum absolute atomic E-state index is 13.3. The summed E-state index contributed by atoms with van der Waals surface area (Å²) in [4.78, 5) is 3.96. The number of nitrogens with zero attached hydrogens (tertiary/aromatic N) is 1. The number of nitrogens with two attached hydrogens (primary N) is 1. The van der Waals surface area contributed by atoms with Gasteiger partial charge in [0.2, 0.25) is 5.96 Å². The van der Waals surface area contributed by atoms with Crippen LogP contribution in [-0.2, 0) is 0 Å². The summed E-state index contributed by atoms with van der Waals surface area (Å²) in [6.07, 6.45) is 0. The number of anilines is 1. The number of aliphatic imine (C=N–C) groups is 1. The minimum Gasteiger partial charge on any atom is -0.322 e. The molecule has 15 heavy (non-hydrogen) atoms. The molecule has 0 aliphatic heterocycles. The molecule has 0 aliphatic rings. The van der Waals surface area contributed by atoms with E-state index in [-0.39, 0.29) is 16.7 Å². The van der Waals surface area contributed by atoms with Crippen LogP contribution < -0.4 is 16.6 Å². The van der Waals surface area contributed by atoms with Crippen LogP contribution in [0.5, 0.6) is 0 Å². The Morgan fingerprint density at radius 2 is 2.33 bits per heavy atom. The second-order valence-electron chi connectivity index (χ2n) is 2.69. The molecule has 4 nitrogen and oxygen atoms in total. The lowest BCUT2D eigenvalue weighted by molar-refractivity contribution is 0.632. The summed E-state index contributed by atoms with van der Waals surface area (Å²) in [6, 6.07) is 4.40. The highest BCUT2D eigenvalue weighted by Gasteiger charge is 2.07. The Morgan fingerprint density at radius 3 is 2.87 bits per heavy atom. The quantitative estimate of drug-likeness (QED) is 0.314. The van der Waals surface area contributed by atoms with E-state index in [2.05, 4.69) is 15.7 Å². The van der Waals surface area contributed by atoms with Gasteiger partial charge >= 0.3 is 0 Å². The number of guanidine groups is 1. The summed E-state index contributed by atoms with van der Waals surface area (Å²) >= 11 is 5.80. The second-order valence-corrected chi connectivity index (χ2v) is 3.10. The van der Waals surface area contributed by atoms with Gasteiger partial charge in [-0.15, -0.1) is 0 Å². The van der Waals surface area contributed by atoms with Crippen molar-refractivity contribution >= 4 is 23.2 Å². The third-order valence-electron chi connectivity index (χ3n) is 1.66. The summed E-state index contributed by atoms with van der Waals surface area (Å²) in [6.45, 7) is 2.36. The predicted octanol–water partition coefficient (Wildman–Crippen LogP) is 1.73. The highest BCUT2D eigenvalue weighted by molar-refractivity contribution is 6.33. The molecule has 0 saturated carbocycles. The maximum Gasteiger partial charge on any atom is 0.210 e. The van der Waals surface area contributed by atoms with Gasteiger partial charge in [-0.1, -0.05) is 17.7 Å². The smallest absolute Gasteiger partial charge is 0.210 e. The molecule has 0 atom stereocenters. The molecule has 1 aromatic carbocycles. The first-order valence-corrected chi connectivity index (χ1v) is 4.79. The van der Waals surface area contributed by atoms with Crippen molar-refractivity contribution in [2.24, 2.45) is 10.8 Å². The summed E-state index contributed by atoms with van der Waals surface area (Å²) in [5.41, 5.74) is 2.48. The van der Waals surface area contributed by atoms with Gasteiger partial charge in [-0.25, -0.2) is 10.2 Å². The summed E-state index contributed by atoms with van der Waals surface area (Å²) < 4.78 is 13.3. The Balaban J connectivity index is 2.93. The number of rotatable bonds is 2. The molecule has 0 amide bonds. The van der Waals surface area contributed by atoms with E-state index >= 15 is 0 Å². The van der Waals surface area contributed by atoms with E-state index < -0.39 is 5.82 Å². The molecule has 0 aliphatic carbocycles. The molecular formula is C9H12ClFN4. The molecule has 0 fully saturated rings. The zero-order chi connectivity index (χ0) is 11.3. The molecule has 0 bridgehead atoms. The fourth-order valence-electron chi connectivity index (χ4n) is 1.02. The Morgan fingerprint density at radius 1 is 1.60 bits per heavy atom. The topological polar surface area (TPSA) is 62.4 Å². The van der Waals surface area contributed by atoms with Crippen molar-refractivity contribution in [3.63, 3.8) is 0 Å². The van der Waals surface area contributed by atoms with E-state index in [1.165, 1.54) is 12.1 Å². The van der Waals surface area contributed by atoms with Crippen molar-refractivity contribution in [2.75, 3.05) is 11.9 Å². The average molecular weight is 231 g/mol. The van der Waals surface area contributed by atoms with E-state index in [9.17, 15) is 4.39 Å². The van der Waals surface area contributed by atoms with Crippen molar-refractivity contribution in [2.45, 2.75) is 6.92 Å². The van der Waals surface area contributed by atoms with Gasteiger partial charge in [0.15, 0.2) is 0 Å². The number of hydrogen-bond donors (Lipinski definition) is 3.